The minimum absolute atomic E-state index is 0.00275. The van der Waals surface area contributed by atoms with E-state index in [0.29, 0.717) is 22.7 Å². The molecule has 128 valence electrons. The first-order chi connectivity index (χ1) is 11.2. The van der Waals surface area contributed by atoms with E-state index in [2.05, 4.69) is 4.98 Å². The highest BCUT2D eigenvalue weighted by Crippen LogP contribution is 2.44. The van der Waals surface area contributed by atoms with E-state index >= 15 is 0 Å². The zero-order valence-corrected chi connectivity index (χ0v) is 14.8. The van der Waals surface area contributed by atoms with Gasteiger partial charge in [0.1, 0.15) is 0 Å². The summed E-state index contributed by atoms with van der Waals surface area (Å²) in [6, 6.07) is 3.54. The van der Waals surface area contributed by atoms with Gasteiger partial charge in [-0.2, -0.15) is 0 Å². The van der Waals surface area contributed by atoms with Crippen LogP contribution in [0.3, 0.4) is 0 Å². The van der Waals surface area contributed by atoms with Gasteiger partial charge in [0.15, 0.2) is 11.6 Å². The summed E-state index contributed by atoms with van der Waals surface area (Å²) in [5.41, 5.74) is 2.63. The van der Waals surface area contributed by atoms with Gasteiger partial charge in [-0.15, -0.1) is 0 Å². The van der Waals surface area contributed by atoms with Gasteiger partial charge < -0.3 is 5.11 Å². The normalized spacial score (nSPS) is 23.8. The molecule has 1 saturated carbocycles. The summed E-state index contributed by atoms with van der Waals surface area (Å²) < 4.78 is 0. The van der Waals surface area contributed by atoms with Crippen LogP contribution in [0, 0.1) is 11.8 Å². The van der Waals surface area contributed by atoms with Crippen molar-refractivity contribution in [2.75, 3.05) is 0 Å². The van der Waals surface area contributed by atoms with E-state index in [1.807, 2.05) is 33.8 Å². The van der Waals surface area contributed by atoms with E-state index < -0.39 is 0 Å². The first kappa shape index (κ1) is 17.0. The van der Waals surface area contributed by atoms with Crippen LogP contribution in [0.2, 0.25) is 0 Å². The molecule has 1 heterocycles. The van der Waals surface area contributed by atoms with Gasteiger partial charge in [-0.25, -0.2) is 0 Å². The van der Waals surface area contributed by atoms with Crippen molar-refractivity contribution >= 4 is 11.6 Å². The van der Waals surface area contributed by atoms with Gasteiger partial charge in [-0.1, -0.05) is 26.3 Å². The molecule has 2 bridgehead atoms. The number of Topliss-reactive ketones (excluding diaryl/α,β-unsaturated/α-hetero) is 2. The van der Waals surface area contributed by atoms with Crippen molar-refractivity contribution in [2.45, 2.75) is 59.0 Å². The molecular weight excluding hydrogens is 302 g/mol. The highest BCUT2D eigenvalue weighted by Gasteiger charge is 2.41. The minimum Gasteiger partial charge on any atom is -0.390 e. The van der Waals surface area contributed by atoms with Crippen molar-refractivity contribution in [3.63, 3.8) is 0 Å². The van der Waals surface area contributed by atoms with Crippen LogP contribution in [0.1, 0.15) is 68.7 Å². The van der Waals surface area contributed by atoms with Crippen molar-refractivity contribution in [2.24, 2.45) is 11.8 Å². The van der Waals surface area contributed by atoms with Gasteiger partial charge in [0, 0.05) is 22.6 Å². The molecule has 2 aliphatic carbocycles. The minimum atomic E-state index is -0.307. The van der Waals surface area contributed by atoms with E-state index in [9.17, 15) is 14.7 Å². The summed E-state index contributed by atoms with van der Waals surface area (Å²) in [7, 11) is 0. The molecule has 1 aromatic heterocycles. The molecule has 24 heavy (non-hydrogen) atoms. The number of nitrogens with zero attached hydrogens (tertiary/aromatic N) is 1. The fraction of sp³-hybridized carbons (Fsp3) is 0.550. The number of hydrogen-bond donors (Lipinski definition) is 1. The monoisotopic (exact) mass is 327 g/mol. The number of allylic oxidation sites excluding steroid dienone is 2. The second kappa shape index (κ2) is 5.92. The van der Waals surface area contributed by atoms with Crippen LogP contribution in [0.15, 0.2) is 23.3 Å². The lowest BCUT2D eigenvalue weighted by molar-refractivity contribution is -0.119. The molecule has 2 atom stereocenters. The molecule has 0 amide bonds. The van der Waals surface area contributed by atoms with Gasteiger partial charge in [0.05, 0.1) is 17.9 Å². The molecule has 0 aromatic carbocycles. The van der Waals surface area contributed by atoms with Crippen LogP contribution >= 0.6 is 0 Å². The first-order valence-electron chi connectivity index (χ1n) is 8.65. The SMILES string of the molecule is CC1=C(C(=O)c2ccc(C(C)(C)C)nc2CO)C(=O)C2CCC1C2. The third kappa shape index (κ3) is 2.73. The standard InChI is InChI=1S/C20H25NO3/c1-11-12-5-6-13(9-12)18(23)17(11)19(24)14-7-8-16(20(2,3)4)21-15(14)10-22/h7-8,12-13,22H,5-6,9-10H2,1-4H3. The van der Waals surface area contributed by atoms with Crippen LogP contribution in [-0.4, -0.2) is 21.7 Å². The number of fused-ring (bicyclic) bond motifs is 2. The quantitative estimate of drug-likeness (QED) is 0.683. The lowest BCUT2D eigenvalue weighted by Crippen LogP contribution is -2.27. The Kier molecular flexibility index (Phi) is 4.20. The summed E-state index contributed by atoms with van der Waals surface area (Å²) in [6.07, 6.45) is 2.76. The summed E-state index contributed by atoms with van der Waals surface area (Å²) >= 11 is 0. The molecule has 4 nitrogen and oxygen atoms in total. The van der Waals surface area contributed by atoms with E-state index in [-0.39, 0.29) is 29.5 Å². The molecule has 1 fully saturated rings. The third-order valence-electron chi connectivity index (χ3n) is 5.42. The summed E-state index contributed by atoms with van der Waals surface area (Å²) in [4.78, 5) is 30.2. The first-order valence-corrected chi connectivity index (χ1v) is 8.65. The van der Waals surface area contributed by atoms with Crippen molar-refractivity contribution in [3.8, 4) is 0 Å². The largest absolute Gasteiger partial charge is 0.390 e. The predicted molar refractivity (Wildman–Crippen MR) is 91.7 cm³/mol. The topological polar surface area (TPSA) is 67.3 Å². The lowest BCUT2D eigenvalue weighted by atomic mass is 9.79. The highest BCUT2D eigenvalue weighted by molar-refractivity contribution is 6.28. The number of ketones is 2. The average Bonchev–Trinajstić information content (AvgIpc) is 2.98. The molecule has 1 aromatic rings. The van der Waals surface area contributed by atoms with Crippen LogP contribution in [0.4, 0.5) is 0 Å². The van der Waals surface area contributed by atoms with Crippen LogP contribution in [0.25, 0.3) is 0 Å². The molecule has 0 saturated heterocycles. The van der Waals surface area contributed by atoms with Gasteiger partial charge in [0.25, 0.3) is 0 Å². The molecule has 2 unspecified atom stereocenters. The van der Waals surface area contributed by atoms with Gasteiger partial charge in [-0.3, -0.25) is 14.6 Å². The Bertz CT molecular complexity index is 740. The molecule has 2 aliphatic rings. The Balaban J connectivity index is 2.04. The number of aliphatic hydroxyl groups is 1. The molecular formula is C20H25NO3. The van der Waals surface area contributed by atoms with Crippen LogP contribution in [-0.2, 0) is 16.8 Å². The van der Waals surface area contributed by atoms with Crippen LogP contribution in [0.5, 0.6) is 0 Å². The third-order valence-corrected chi connectivity index (χ3v) is 5.42. The Morgan fingerprint density at radius 3 is 2.54 bits per heavy atom. The van der Waals surface area contributed by atoms with Crippen molar-refractivity contribution in [1.82, 2.24) is 4.98 Å². The van der Waals surface area contributed by atoms with E-state index in [4.69, 9.17) is 0 Å². The molecule has 0 aliphatic heterocycles. The Labute approximate surface area is 143 Å². The van der Waals surface area contributed by atoms with Gasteiger partial charge >= 0.3 is 0 Å². The number of aromatic nitrogens is 1. The summed E-state index contributed by atoms with van der Waals surface area (Å²) in [6.45, 7) is 7.71. The zero-order chi connectivity index (χ0) is 17.6. The number of aliphatic hydroxyl groups excluding tert-OH is 1. The second-order valence-electron chi connectivity index (χ2n) is 8.06. The van der Waals surface area contributed by atoms with E-state index in [1.54, 1.807) is 6.07 Å². The predicted octanol–water partition coefficient (Wildman–Crippen LogP) is 3.37. The number of carbonyl (C=O) groups is 2. The lowest BCUT2D eigenvalue weighted by Gasteiger charge is -2.23. The average molecular weight is 327 g/mol. The van der Waals surface area contributed by atoms with Crippen LogP contribution < -0.4 is 0 Å². The van der Waals surface area contributed by atoms with E-state index in [0.717, 1.165) is 30.5 Å². The number of rotatable bonds is 3. The van der Waals surface area contributed by atoms with Crippen molar-refractivity contribution in [1.29, 1.82) is 0 Å². The number of hydrogen-bond acceptors (Lipinski definition) is 4. The Morgan fingerprint density at radius 2 is 1.92 bits per heavy atom. The fourth-order valence-corrected chi connectivity index (χ4v) is 3.89. The Morgan fingerprint density at radius 1 is 1.25 bits per heavy atom. The van der Waals surface area contributed by atoms with Gasteiger partial charge in [0.2, 0.25) is 0 Å². The van der Waals surface area contributed by atoms with Gasteiger partial charge in [-0.05, 0) is 44.2 Å². The van der Waals surface area contributed by atoms with E-state index in [1.165, 1.54) is 0 Å². The smallest absolute Gasteiger partial charge is 0.198 e. The maximum absolute atomic E-state index is 13.1. The fourth-order valence-electron chi connectivity index (χ4n) is 3.89. The molecule has 0 radical (unpaired) electrons. The molecule has 4 heteroatoms. The Hall–Kier alpha value is -1.81. The maximum Gasteiger partial charge on any atom is 0.198 e. The summed E-state index contributed by atoms with van der Waals surface area (Å²) in [5.74, 6) is 0.0595. The molecule has 3 rings (SSSR count). The zero-order valence-electron chi connectivity index (χ0n) is 14.8. The van der Waals surface area contributed by atoms with Crippen molar-refractivity contribution in [3.05, 3.63) is 40.2 Å². The number of pyridine rings is 1. The second-order valence-corrected chi connectivity index (χ2v) is 8.06. The van der Waals surface area contributed by atoms with Crippen molar-refractivity contribution < 1.29 is 14.7 Å². The highest BCUT2D eigenvalue weighted by atomic mass is 16.3. The summed E-state index contributed by atoms with van der Waals surface area (Å²) in [5, 5.41) is 9.69. The molecule has 0 spiro atoms. The maximum atomic E-state index is 13.1. The number of carbonyl (C=O) groups excluding carboxylic acids is 2. The molecule has 1 N–H and O–H groups in total.